The number of hydrogen-bond acceptors (Lipinski definition) is 2. The van der Waals surface area contributed by atoms with Crippen molar-refractivity contribution < 1.29 is 4.79 Å². The number of hydrogen-bond donors (Lipinski definition) is 2. The molecule has 1 aromatic heterocycles. The number of pyridine rings is 1. The number of carbonyl (C=O) groups is 1. The van der Waals surface area contributed by atoms with E-state index in [-0.39, 0.29) is 23.1 Å². The van der Waals surface area contributed by atoms with Gasteiger partial charge in [-0.2, -0.15) is 0 Å². The number of carbonyl (C=O) groups excluding carboxylic acids is 1. The first-order valence-electron chi connectivity index (χ1n) is 8.53. The van der Waals surface area contributed by atoms with Crippen molar-refractivity contribution >= 4 is 5.91 Å². The lowest BCUT2D eigenvalue weighted by atomic mass is 10.1. The number of amides is 1. The van der Waals surface area contributed by atoms with Gasteiger partial charge >= 0.3 is 0 Å². The Morgan fingerprint density at radius 2 is 1.95 bits per heavy atom. The molecule has 1 atom stereocenters. The third-order valence-electron chi connectivity index (χ3n) is 3.96. The first kappa shape index (κ1) is 18.5. The molecule has 4 heteroatoms. The van der Waals surface area contributed by atoms with Gasteiger partial charge in [0.25, 0.3) is 11.5 Å². The second-order valence-electron chi connectivity index (χ2n) is 6.15. The van der Waals surface area contributed by atoms with E-state index >= 15 is 0 Å². The molecule has 0 aliphatic carbocycles. The molecule has 0 spiro atoms. The van der Waals surface area contributed by atoms with E-state index < -0.39 is 0 Å². The van der Waals surface area contributed by atoms with Gasteiger partial charge in [0.2, 0.25) is 0 Å². The maximum Gasteiger partial charge on any atom is 0.261 e. The zero-order chi connectivity index (χ0) is 16.5. The molecule has 2 N–H and O–H groups in total. The SMILES string of the molecule is CCCCCC[C@@H](C)NC(=O)c1cc(C)c(CCC)[nH]c1=O. The summed E-state index contributed by atoms with van der Waals surface area (Å²) in [7, 11) is 0. The van der Waals surface area contributed by atoms with E-state index in [1.807, 2.05) is 13.8 Å². The van der Waals surface area contributed by atoms with Gasteiger partial charge in [-0.1, -0.05) is 46.0 Å². The van der Waals surface area contributed by atoms with Crippen LogP contribution in [-0.4, -0.2) is 16.9 Å². The van der Waals surface area contributed by atoms with Gasteiger partial charge in [0, 0.05) is 11.7 Å². The minimum absolute atomic E-state index is 0.0966. The molecule has 0 unspecified atom stereocenters. The topological polar surface area (TPSA) is 62.0 Å². The lowest BCUT2D eigenvalue weighted by Crippen LogP contribution is -2.36. The summed E-state index contributed by atoms with van der Waals surface area (Å²) in [5.41, 5.74) is 1.83. The van der Waals surface area contributed by atoms with Crippen molar-refractivity contribution in [3.8, 4) is 0 Å². The normalized spacial score (nSPS) is 12.2. The molecule has 0 aliphatic rings. The minimum atomic E-state index is -0.287. The number of H-pyrrole nitrogens is 1. The molecule has 1 rings (SSSR count). The van der Waals surface area contributed by atoms with Crippen molar-refractivity contribution in [2.75, 3.05) is 0 Å². The number of aromatic nitrogens is 1. The molecule has 1 amide bonds. The average molecular weight is 306 g/mol. The number of nitrogens with one attached hydrogen (secondary N) is 2. The lowest BCUT2D eigenvalue weighted by molar-refractivity contribution is 0.0936. The van der Waals surface area contributed by atoms with Crippen LogP contribution in [0.5, 0.6) is 0 Å². The summed E-state index contributed by atoms with van der Waals surface area (Å²) in [5.74, 6) is -0.268. The highest BCUT2D eigenvalue weighted by molar-refractivity contribution is 5.94. The van der Waals surface area contributed by atoms with Gasteiger partial charge < -0.3 is 10.3 Å². The zero-order valence-corrected chi connectivity index (χ0v) is 14.4. The van der Waals surface area contributed by atoms with Crippen LogP contribution in [0.4, 0.5) is 0 Å². The molecule has 0 fully saturated rings. The van der Waals surface area contributed by atoms with E-state index in [1.54, 1.807) is 6.07 Å². The summed E-state index contributed by atoms with van der Waals surface area (Å²) < 4.78 is 0. The van der Waals surface area contributed by atoms with Crippen LogP contribution < -0.4 is 10.9 Å². The van der Waals surface area contributed by atoms with Crippen molar-refractivity contribution in [3.05, 3.63) is 33.2 Å². The Balaban J connectivity index is 2.65. The Kier molecular flexibility index (Phi) is 7.92. The van der Waals surface area contributed by atoms with E-state index in [4.69, 9.17) is 0 Å². The maximum absolute atomic E-state index is 12.3. The summed E-state index contributed by atoms with van der Waals surface area (Å²) >= 11 is 0. The second kappa shape index (κ2) is 9.44. The Bertz CT molecular complexity index is 534. The molecule has 0 aromatic carbocycles. The van der Waals surface area contributed by atoms with Gasteiger partial charge in [-0.25, -0.2) is 0 Å². The predicted molar refractivity (Wildman–Crippen MR) is 91.5 cm³/mol. The second-order valence-corrected chi connectivity index (χ2v) is 6.15. The lowest BCUT2D eigenvalue weighted by Gasteiger charge is -2.14. The minimum Gasteiger partial charge on any atom is -0.349 e. The van der Waals surface area contributed by atoms with E-state index in [2.05, 4.69) is 24.1 Å². The molecule has 124 valence electrons. The first-order chi connectivity index (χ1) is 10.5. The smallest absolute Gasteiger partial charge is 0.261 e. The number of rotatable bonds is 9. The highest BCUT2D eigenvalue weighted by Gasteiger charge is 2.15. The van der Waals surface area contributed by atoms with Crippen LogP contribution in [0, 0.1) is 6.92 Å². The van der Waals surface area contributed by atoms with Crippen molar-refractivity contribution in [3.63, 3.8) is 0 Å². The van der Waals surface area contributed by atoms with Crippen molar-refractivity contribution in [1.29, 1.82) is 0 Å². The highest BCUT2D eigenvalue weighted by atomic mass is 16.2. The third kappa shape index (κ3) is 5.66. The maximum atomic E-state index is 12.3. The molecule has 1 aromatic rings. The largest absolute Gasteiger partial charge is 0.349 e. The summed E-state index contributed by atoms with van der Waals surface area (Å²) in [4.78, 5) is 27.2. The Hall–Kier alpha value is -1.58. The van der Waals surface area contributed by atoms with Crippen molar-refractivity contribution in [2.45, 2.75) is 78.7 Å². The molecule has 0 bridgehead atoms. The van der Waals surface area contributed by atoms with Crippen LogP contribution in [0.25, 0.3) is 0 Å². The van der Waals surface area contributed by atoms with Gasteiger partial charge in [0.15, 0.2) is 0 Å². The summed E-state index contributed by atoms with van der Waals surface area (Å²) in [6.07, 6.45) is 7.50. The molecule has 1 heterocycles. The fourth-order valence-corrected chi connectivity index (χ4v) is 2.60. The molecule has 0 saturated heterocycles. The number of aromatic amines is 1. The van der Waals surface area contributed by atoms with Crippen LogP contribution in [0.2, 0.25) is 0 Å². The molecule has 22 heavy (non-hydrogen) atoms. The molecular weight excluding hydrogens is 276 g/mol. The van der Waals surface area contributed by atoms with Gasteiger partial charge in [0.1, 0.15) is 5.56 Å². The predicted octanol–water partition coefficient (Wildman–Crippen LogP) is 3.72. The van der Waals surface area contributed by atoms with Crippen LogP contribution >= 0.6 is 0 Å². The van der Waals surface area contributed by atoms with Crippen LogP contribution in [-0.2, 0) is 6.42 Å². The Labute approximate surface area is 133 Å². The molecular formula is C18H30N2O2. The molecule has 0 saturated carbocycles. The summed E-state index contributed by atoms with van der Waals surface area (Å²) in [5, 5.41) is 2.93. The highest BCUT2D eigenvalue weighted by Crippen LogP contribution is 2.08. The van der Waals surface area contributed by atoms with Crippen LogP contribution in [0.15, 0.2) is 10.9 Å². The van der Waals surface area contributed by atoms with Gasteiger partial charge in [-0.3, -0.25) is 9.59 Å². The third-order valence-corrected chi connectivity index (χ3v) is 3.96. The van der Waals surface area contributed by atoms with E-state index in [1.165, 1.54) is 19.3 Å². The Morgan fingerprint density at radius 1 is 1.23 bits per heavy atom. The fraction of sp³-hybridized carbons (Fsp3) is 0.667. The molecule has 0 radical (unpaired) electrons. The van der Waals surface area contributed by atoms with Crippen LogP contribution in [0.1, 0.15) is 80.9 Å². The van der Waals surface area contributed by atoms with Crippen molar-refractivity contribution in [1.82, 2.24) is 10.3 Å². The van der Waals surface area contributed by atoms with Crippen molar-refractivity contribution in [2.24, 2.45) is 0 Å². The summed E-state index contributed by atoms with van der Waals surface area (Å²) in [6, 6.07) is 1.81. The van der Waals surface area contributed by atoms with Gasteiger partial charge in [-0.05, 0) is 38.3 Å². The summed E-state index contributed by atoms with van der Waals surface area (Å²) in [6.45, 7) is 8.18. The molecule has 4 nitrogen and oxygen atoms in total. The van der Waals surface area contributed by atoms with E-state index in [0.717, 1.165) is 36.9 Å². The monoisotopic (exact) mass is 306 g/mol. The van der Waals surface area contributed by atoms with E-state index in [9.17, 15) is 9.59 Å². The average Bonchev–Trinajstić information content (AvgIpc) is 2.47. The Morgan fingerprint density at radius 3 is 2.59 bits per heavy atom. The zero-order valence-electron chi connectivity index (χ0n) is 14.4. The van der Waals surface area contributed by atoms with Crippen LogP contribution in [0.3, 0.4) is 0 Å². The quantitative estimate of drug-likeness (QED) is 0.683. The number of aryl methyl sites for hydroxylation is 2. The van der Waals surface area contributed by atoms with Gasteiger partial charge in [-0.15, -0.1) is 0 Å². The fourth-order valence-electron chi connectivity index (χ4n) is 2.60. The molecule has 0 aliphatic heterocycles. The van der Waals surface area contributed by atoms with E-state index in [0.29, 0.717) is 0 Å². The first-order valence-corrected chi connectivity index (χ1v) is 8.53. The standard InChI is InChI=1S/C18H30N2O2/c1-5-7-8-9-11-14(4)19-17(21)15-12-13(3)16(10-6-2)20-18(15)22/h12,14H,5-11H2,1-4H3,(H,19,21)(H,20,22)/t14-/m1/s1. The number of unbranched alkanes of at least 4 members (excludes halogenated alkanes) is 3. The van der Waals surface area contributed by atoms with Gasteiger partial charge in [0.05, 0.1) is 0 Å².